The number of aryl methyl sites for hydroxylation is 1. The number of benzene rings is 1. The van der Waals surface area contributed by atoms with Crippen LogP contribution < -0.4 is 10.6 Å². The third-order valence-electron chi connectivity index (χ3n) is 4.07. The molecule has 3 rings (SSSR count). The molecule has 2 heterocycles. The maximum Gasteiger partial charge on any atom is 0.252 e. The molecule has 2 N–H and O–H groups in total. The Hall–Kier alpha value is -0.920. The summed E-state index contributed by atoms with van der Waals surface area (Å²) in [6, 6.07) is 7.69. The van der Waals surface area contributed by atoms with Crippen LogP contribution >= 0.6 is 40.7 Å². The van der Waals surface area contributed by atoms with Crippen LogP contribution in [0.3, 0.4) is 0 Å². The van der Waals surface area contributed by atoms with Gasteiger partial charge >= 0.3 is 0 Å². The Kier molecular flexibility index (Phi) is 9.10. The van der Waals surface area contributed by atoms with Crippen LogP contribution in [0.5, 0.6) is 0 Å². The number of piperazine rings is 1. The van der Waals surface area contributed by atoms with Gasteiger partial charge in [-0.15, -0.1) is 24.8 Å². The fourth-order valence-corrected chi connectivity index (χ4v) is 3.24. The van der Waals surface area contributed by atoms with Crippen LogP contribution in [0.15, 0.2) is 28.7 Å². The van der Waals surface area contributed by atoms with E-state index in [9.17, 15) is 4.79 Å². The Balaban J connectivity index is 0.00000156. The smallest absolute Gasteiger partial charge is 0.252 e. The Morgan fingerprint density at radius 1 is 1.28 bits per heavy atom. The molecule has 8 heteroatoms. The van der Waals surface area contributed by atoms with Crippen LogP contribution in [0.25, 0.3) is 10.9 Å². The van der Waals surface area contributed by atoms with Crippen molar-refractivity contribution in [2.45, 2.75) is 6.92 Å². The summed E-state index contributed by atoms with van der Waals surface area (Å²) >= 11 is 3.47. The second-order valence-electron chi connectivity index (χ2n) is 5.82. The maximum atomic E-state index is 12.6. The van der Waals surface area contributed by atoms with Crippen molar-refractivity contribution in [1.29, 1.82) is 0 Å². The number of carbonyl (C=O) groups is 1. The molecule has 0 bridgehead atoms. The van der Waals surface area contributed by atoms with Gasteiger partial charge in [0.05, 0.1) is 11.1 Å². The van der Waals surface area contributed by atoms with Crippen molar-refractivity contribution in [2.75, 3.05) is 39.3 Å². The lowest BCUT2D eigenvalue weighted by Crippen LogP contribution is -2.46. The number of hydrogen-bond acceptors (Lipinski definition) is 4. The van der Waals surface area contributed by atoms with Crippen molar-refractivity contribution in [3.05, 3.63) is 40.0 Å². The number of rotatable bonds is 4. The molecule has 0 atom stereocenters. The van der Waals surface area contributed by atoms with Crippen LogP contribution in [0, 0.1) is 6.92 Å². The largest absolute Gasteiger partial charge is 0.351 e. The number of halogens is 3. The van der Waals surface area contributed by atoms with Gasteiger partial charge in [-0.05, 0) is 31.2 Å². The quantitative estimate of drug-likeness (QED) is 0.753. The molecule has 1 amide bonds. The average Bonchev–Trinajstić information content (AvgIpc) is 2.55. The van der Waals surface area contributed by atoms with E-state index < -0.39 is 0 Å². The second kappa shape index (κ2) is 10.3. The highest BCUT2D eigenvalue weighted by Crippen LogP contribution is 2.22. The molecule has 1 aromatic carbocycles. The summed E-state index contributed by atoms with van der Waals surface area (Å²) in [6.45, 7) is 7.60. The van der Waals surface area contributed by atoms with Crippen LogP contribution in [0.1, 0.15) is 16.1 Å². The van der Waals surface area contributed by atoms with Gasteiger partial charge < -0.3 is 10.6 Å². The van der Waals surface area contributed by atoms with E-state index in [0.29, 0.717) is 12.1 Å². The van der Waals surface area contributed by atoms with E-state index in [1.807, 2.05) is 31.2 Å². The van der Waals surface area contributed by atoms with Crippen LogP contribution in [-0.4, -0.2) is 55.1 Å². The average molecular weight is 450 g/mol. The number of pyridine rings is 1. The minimum absolute atomic E-state index is 0. The zero-order valence-electron chi connectivity index (χ0n) is 14.0. The molecule has 1 aliphatic heterocycles. The standard InChI is InChI=1S/C17H21BrN4O.2ClH/c1-12-10-15(14-11-13(18)2-3-16(14)21-12)17(23)20-6-9-22-7-4-19-5-8-22;;/h2-3,10-11,19H,4-9H2,1H3,(H,20,23);2*1H. The Labute approximate surface area is 168 Å². The van der Waals surface area contributed by atoms with E-state index >= 15 is 0 Å². The third kappa shape index (κ3) is 5.79. The fourth-order valence-electron chi connectivity index (χ4n) is 2.88. The van der Waals surface area contributed by atoms with Gasteiger partial charge in [-0.1, -0.05) is 15.9 Å². The lowest BCUT2D eigenvalue weighted by Gasteiger charge is -2.27. The predicted molar refractivity (Wildman–Crippen MR) is 110 cm³/mol. The van der Waals surface area contributed by atoms with Crippen LogP contribution in [0.4, 0.5) is 0 Å². The van der Waals surface area contributed by atoms with Crippen molar-refractivity contribution in [1.82, 2.24) is 20.5 Å². The van der Waals surface area contributed by atoms with E-state index in [1.165, 1.54) is 0 Å². The van der Waals surface area contributed by atoms with E-state index in [4.69, 9.17) is 0 Å². The predicted octanol–water partition coefficient (Wildman–Crippen LogP) is 2.78. The van der Waals surface area contributed by atoms with Gasteiger partial charge in [-0.25, -0.2) is 0 Å². The zero-order chi connectivity index (χ0) is 16.2. The lowest BCUT2D eigenvalue weighted by molar-refractivity contribution is 0.0949. The van der Waals surface area contributed by atoms with Crippen molar-refractivity contribution in [2.24, 2.45) is 0 Å². The SMILES string of the molecule is Cc1cc(C(=O)NCCN2CCNCC2)c2cc(Br)ccc2n1.Cl.Cl. The van der Waals surface area contributed by atoms with Gasteiger partial charge in [0.2, 0.25) is 0 Å². The van der Waals surface area contributed by atoms with Crippen LogP contribution in [0.2, 0.25) is 0 Å². The van der Waals surface area contributed by atoms with Gasteiger partial charge in [-0.2, -0.15) is 0 Å². The van der Waals surface area contributed by atoms with Crippen molar-refractivity contribution in [3.63, 3.8) is 0 Å². The fraction of sp³-hybridized carbons (Fsp3) is 0.412. The van der Waals surface area contributed by atoms with E-state index in [1.54, 1.807) is 0 Å². The summed E-state index contributed by atoms with van der Waals surface area (Å²) in [6.07, 6.45) is 0. The molecule has 0 radical (unpaired) electrons. The highest BCUT2D eigenvalue weighted by atomic mass is 79.9. The Morgan fingerprint density at radius 2 is 2.00 bits per heavy atom. The molecule has 5 nitrogen and oxygen atoms in total. The van der Waals surface area contributed by atoms with Gasteiger partial charge in [-0.3, -0.25) is 14.7 Å². The molecule has 1 saturated heterocycles. The first-order valence-corrected chi connectivity index (χ1v) is 8.71. The molecular weight excluding hydrogens is 427 g/mol. The van der Waals surface area contributed by atoms with Crippen molar-refractivity contribution in [3.8, 4) is 0 Å². The second-order valence-corrected chi connectivity index (χ2v) is 6.74. The molecule has 1 aliphatic rings. The molecule has 0 unspecified atom stereocenters. The Morgan fingerprint density at radius 3 is 2.72 bits per heavy atom. The minimum atomic E-state index is -0.0336. The summed E-state index contributed by atoms with van der Waals surface area (Å²) in [5, 5.41) is 7.25. The first kappa shape index (κ1) is 22.1. The lowest BCUT2D eigenvalue weighted by atomic mass is 10.1. The van der Waals surface area contributed by atoms with Gasteiger partial charge in [0.25, 0.3) is 5.91 Å². The highest BCUT2D eigenvalue weighted by molar-refractivity contribution is 9.10. The maximum absolute atomic E-state index is 12.6. The number of amides is 1. The summed E-state index contributed by atoms with van der Waals surface area (Å²) in [5.74, 6) is -0.0336. The summed E-state index contributed by atoms with van der Waals surface area (Å²) in [7, 11) is 0. The first-order valence-electron chi connectivity index (χ1n) is 7.92. The van der Waals surface area contributed by atoms with Crippen LogP contribution in [-0.2, 0) is 0 Å². The first-order chi connectivity index (χ1) is 11.1. The molecule has 0 aliphatic carbocycles. The van der Waals surface area contributed by atoms with E-state index in [-0.39, 0.29) is 30.7 Å². The molecule has 0 saturated carbocycles. The number of nitrogens with one attached hydrogen (secondary N) is 2. The molecular formula is C17H23BrCl2N4O. The molecule has 2 aromatic rings. The zero-order valence-corrected chi connectivity index (χ0v) is 17.3. The highest BCUT2D eigenvalue weighted by Gasteiger charge is 2.13. The normalized spacial score (nSPS) is 14.5. The number of aromatic nitrogens is 1. The van der Waals surface area contributed by atoms with Crippen molar-refractivity contribution >= 4 is 57.6 Å². The van der Waals surface area contributed by atoms with Crippen molar-refractivity contribution < 1.29 is 4.79 Å². The monoisotopic (exact) mass is 448 g/mol. The summed E-state index contributed by atoms with van der Waals surface area (Å²) in [5.41, 5.74) is 2.39. The van der Waals surface area contributed by atoms with E-state index in [2.05, 4.69) is 36.4 Å². The van der Waals surface area contributed by atoms with E-state index in [0.717, 1.165) is 53.8 Å². The van der Waals surface area contributed by atoms with Gasteiger partial charge in [0.15, 0.2) is 0 Å². The van der Waals surface area contributed by atoms with Gasteiger partial charge in [0.1, 0.15) is 0 Å². The molecule has 0 spiro atoms. The third-order valence-corrected chi connectivity index (χ3v) is 4.56. The Bertz CT molecular complexity index is 723. The number of fused-ring (bicyclic) bond motifs is 1. The summed E-state index contributed by atoms with van der Waals surface area (Å²) < 4.78 is 0.950. The summed E-state index contributed by atoms with van der Waals surface area (Å²) in [4.78, 5) is 19.4. The topological polar surface area (TPSA) is 57.3 Å². The molecule has 138 valence electrons. The minimum Gasteiger partial charge on any atom is -0.351 e. The number of hydrogen-bond donors (Lipinski definition) is 2. The molecule has 1 fully saturated rings. The number of carbonyl (C=O) groups excluding carboxylic acids is 1. The molecule has 25 heavy (non-hydrogen) atoms. The molecule has 1 aromatic heterocycles. The van der Waals surface area contributed by atoms with Gasteiger partial charge in [0, 0.05) is 54.8 Å². The number of nitrogens with zero attached hydrogens (tertiary/aromatic N) is 2.